The molecule has 101 valence electrons. The Hall–Kier alpha value is 3.22. The maximum absolute atomic E-state index is 8.46. The average Bonchev–Trinajstić information content (AvgIpc) is 2.23. The van der Waals surface area contributed by atoms with Crippen LogP contribution < -0.4 is 24.9 Å². The van der Waals surface area contributed by atoms with Crippen molar-refractivity contribution in [2.75, 3.05) is 0 Å². The van der Waals surface area contributed by atoms with Gasteiger partial charge in [0.25, 0.3) is 0 Å². The van der Waals surface area contributed by atoms with Gasteiger partial charge in [-0.2, -0.15) is 0 Å². The summed E-state index contributed by atoms with van der Waals surface area (Å²) in [6.45, 7) is 0. The Morgan fingerprint density at radius 2 is 0.400 bits per heavy atom. The third kappa shape index (κ3) is 835. The summed E-state index contributed by atoms with van der Waals surface area (Å²) in [6, 6.07) is 0. The normalized spacial score (nSPS) is 2.40. The van der Waals surface area contributed by atoms with Gasteiger partial charge in [0.1, 0.15) is 0 Å². The van der Waals surface area contributed by atoms with Crippen LogP contribution in [0.25, 0.3) is 0 Å². The number of hydrogen-bond donors (Lipinski definition) is 0. The fourth-order valence-electron chi connectivity index (χ4n) is 0. The maximum Gasteiger partial charge on any atom is 3.00 e. The Bertz CT molecular complexity index is 119. The van der Waals surface area contributed by atoms with Crippen molar-refractivity contribution in [2.45, 2.75) is 0 Å². The molecule has 0 amide bonds. The molecule has 0 saturated heterocycles. The minimum absolute atomic E-state index is 0. The average molecular weight is 600 g/mol. The molecule has 0 N–H and O–H groups in total. The van der Waals surface area contributed by atoms with Crippen molar-refractivity contribution in [1.29, 1.82) is 0 Å². The quantitative estimate of drug-likeness (QED) is 0.236. The van der Waals surface area contributed by atoms with E-state index in [1.807, 2.05) is 0 Å². The van der Waals surface area contributed by atoms with Crippen molar-refractivity contribution >= 4 is 92.9 Å². The van der Waals surface area contributed by atoms with Gasteiger partial charge in [-0.15, -0.1) is 0 Å². The van der Waals surface area contributed by atoms with Gasteiger partial charge < -0.3 is 0 Å². The standard InChI is InChI=1S/6Al.Gd.12O.Y/q;;;;;;+3;;;;;;;6*-1;+3. The van der Waals surface area contributed by atoms with Crippen LogP contribution in [0.4, 0.5) is 0 Å². The molecule has 0 aliphatic rings. The SMILES string of the molecule is [Gd+3].[O]=[Al][O-].[O]=[Al][O-].[O]=[Al][O-].[O]=[Al][O-].[O]=[Al][O-].[O]=[Al][O-].[Y+3]. The summed E-state index contributed by atoms with van der Waals surface area (Å²) >= 11 is -10.5. The van der Waals surface area contributed by atoms with E-state index >= 15 is 0 Å². The van der Waals surface area contributed by atoms with Gasteiger partial charge in [0.2, 0.25) is 0 Å². The molecule has 0 aromatic heterocycles. The van der Waals surface area contributed by atoms with Crippen molar-refractivity contribution < 1.29 is 120 Å². The first-order chi connectivity index (χ1) is 8.49. The van der Waals surface area contributed by atoms with Gasteiger partial charge in [0, 0.05) is 0 Å². The molecule has 0 bridgehead atoms. The van der Waals surface area contributed by atoms with E-state index in [1.165, 1.54) is 0 Å². The van der Waals surface area contributed by atoms with E-state index in [9.17, 15) is 0 Å². The summed E-state index contributed by atoms with van der Waals surface area (Å²) in [6.07, 6.45) is 0. The molecule has 20 heteroatoms. The van der Waals surface area contributed by atoms with Crippen LogP contribution >= 0.6 is 0 Å². The van der Waals surface area contributed by atoms with Crippen LogP contribution in [-0.2, 0) is 55.5 Å². The molecule has 0 fully saturated rings. The molecular formula is Al6GdO12Y. The molecule has 0 aliphatic carbocycles. The third-order valence-electron chi connectivity index (χ3n) is 0. The second-order valence-electron chi connectivity index (χ2n) is 0.577. The van der Waals surface area contributed by atoms with Crippen LogP contribution in [0.1, 0.15) is 0 Å². The molecule has 0 spiro atoms. The first-order valence-electron chi connectivity index (χ1n) is 2.83. The van der Waals surface area contributed by atoms with Crippen molar-refractivity contribution in [3.8, 4) is 0 Å². The van der Waals surface area contributed by atoms with Crippen LogP contribution in [0.2, 0.25) is 0 Å². The molecule has 0 aliphatic heterocycles. The zero-order chi connectivity index (χ0) is 16.2. The molecule has 0 saturated carbocycles. The molecule has 0 rings (SSSR count). The minimum Gasteiger partial charge on any atom is 3.00 e. The molecular weight excluding hydrogens is 600 g/mol. The van der Waals surface area contributed by atoms with Crippen LogP contribution in [0, 0.1) is 39.9 Å². The Kier molecular flexibility index (Phi) is 291. The predicted octanol–water partition coefficient (Wildman–Crippen LogP) is -10.1. The maximum atomic E-state index is 8.46. The summed E-state index contributed by atoms with van der Waals surface area (Å²) in [7, 11) is 0. The van der Waals surface area contributed by atoms with E-state index in [4.69, 9.17) is 47.8 Å². The molecule has 12 nitrogen and oxygen atoms in total. The van der Waals surface area contributed by atoms with E-state index < -0.39 is 92.9 Å². The van der Waals surface area contributed by atoms with Crippen LogP contribution in [0.3, 0.4) is 0 Å². The van der Waals surface area contributed by atoms with Gasteiger partial charge in [0.15, 0.2) is 0 Å². The molecule has 1 radical (unpaired) electrons. The monoisotopic (exact) mass is 601 g/mol. The van der Waals surface area contributed by atoms with E-state index in [0.717, 1.165) is 0 Å². The molecule has 0 unspecified atom stereocenters. The summed E-state index contributed by atoms with van der Waals surface area (Å²) in [4.78, 5) is 0. The van der Waals surface area contributed by atoms with Gasteiger partial charge in [0.05, 0.1) is 0 Å². The third-order valence-corrected chi connectivity index (χ3v) is 0. The van der Waals surface area contributed by atoms with E-state index in [-0.39, 0.29) is 72.6 Å². The van der Waals surface area contributed by atoms with Crippen molar-refractivity contribution in [1.82, 2.24) is 0 Å². The first kappa shape index (κ1) is 49.5. The van der Waals surface area contributed by atoms with Crippen molar-refractivity contribution in [2.24, 2.45) is 0 Å². The van der Waals surface area contributed by atoms with Crippen molar-refractivity contribution in [3.63, 3.8) is 0 Å². The van der Waals surface area contributed by atoms with E-state index in [2.05, 4.69) is 0 Å². The molecule has 0 atom stereocenters. The van der Waals surface area contributed by atoms with E-state index in [1.54, 1.807) is 0 Å². The zero-order valence-corrected chi connectivity index (χ0v) is 21.3. The summed E-state index contributed by atoms with van der Waals surface area (Å²) in [5.74, 6) is 0. The van der Waals surface area contributed by atoms with Gasteiger partial charge in [-0.1, -0.05) is 0 Å². The molecule has 0 heterocycles. The largest absolute Gasteiger partial charge is 3.00 e. The number of hydrogen-bond acceptors (Lipinski definition) is 12. The van der Waals surface area contributed by atoms with Gasteiger partial charge in [-0.3, -0.25) is 0 Å². The topological polar surface area (TPSA) is 241 Å². The van der Waals surface area contributed by atoms with Crippen LogP contribution in [0.15, 0.2) is 0 Å². The second kappa shape index (κ2) is 118. The summed E-state index contributed by atoms with van der Waals surface area (Å²) in [5.41, 5.74) is 0. The minimum atomic E-state index is -1.75. The summed E-state index contributed by atoms with van der Waals surface area (Å²) in [5, 5.41) is 0. The van der Waals surface area contributed by atoms with Crippen LogP contribution in [0.5, 0.6) is 0 Å². The smallest absolute Gasteiger partial charge is 3.00 e. The molecule has 0 aromatic rings. The second-order valence-corrected chi connectivity index (χ2v) is 1.73. The van der Waals surface area contributed by atoms with Gasteiger partial charge >= 0.3 is 213 Å². The molecule has 0 aromatic carbocycles. The Morgan fingerprint density at radius 1 is 0.400 bits per heavy atom. The Morgan fingerprint density at radius 3 is 0.400 bits per heavy atom. The first-order valence-corrected chi connectivity index (χ1v) is 8.49. The van der Waals surface area contributed by atoms with Crippen molar-refractivity contribution in [3.05, 3.63) is 0 Å². The zero-order valence-electron chi connectivity index (χ0n) is 9.29. The Balaban J connectivity index is -0.0000000141. The van der Waals surface area contributed by atoms with E-state index in [0.29, 0.717) is 0 Å². The van der Waals surface area contributed by atoms with Gasteiger partial charge in [-0.05, 0) is 0 Å². The van der Waals surface area contributed by atoms with Crippen LogP contribution in [-0.4, -0.2) is 92.9 Å². The Labute approximate surface area is 209 Å². The summed E-state index contributed by atoms with van der Waals surface area (Å²) < 4.78 is 101. The number of rotatable bonds is 0. The fraction of sp³-hybridized carbons (Fsp3) is 0. The predicted molar refractivity (Wildman–Crippen MR) is 38.6 cm³/mol. The fourth-order valence-corrected chi connectivity index (χ4v) is 0. The van der Waals surface area contributed by atoms with Gasteiger partial charge in [-0.25, -0.2) is 0 Å². The molecule has 20 heavy (non-hydrogen) atoms.